The standard InChI is InChI=1S/C18H16BrFN4O/c1-2-3-6-25-16-9-15-12(8-14(16)21)17(22)24-18(23-15)11-5-4-10(19)7-13(11)20/h2,4-5,7-9H,1,3,6,21H2,(H2,22,23,24). The van der Waals surface area contributed by atoms with Crippen LogP contribution in [0.15, 0.2) is 47.5 Å². The van der Waals surface area contributed by atoms with Gasteiger partial charge in [0.25, 0.3) is 0 Å². The van der Waals surface area contributed by atoms with E-state index in [1.165, 1.54) is 6.07 Å². The second kappa shape index (κ2) is 7.06. The zero-order chi connectivity index (χ0) is 18.0. The van der Waals surface area contributed by atoms with E-state index in [9.17, 15) is 4.39 Å². The van der Waals surface area contributed by atoms with Crippen molar-refractivity contribution in [2.45, 2.75) is 6.42 Å². The van der Waals surface area contributed by atoms with Crippen molar-refractivity contribution in [3.8, 4) is 17.1 Å². The van der Waals surface area contributed by atoms with Crippen LogP contribution < -0.4 is 16.2 Å². The Bertz CT molecular complexity index is 961. The average Bonchev–Trinajstić information content (AvgIpc) is 2.56. The monoisotopic (exact) mass is 402 g/mol. The minimum Gasteiger partial charge on any atom is -0.491 e. The van der Waals surface area contributed by atoms with E-state index >= 15 is 0 Å². The van der Waals surface area contributed by atoms with Gasteiger partial charge in [-0.25, -0.2) is 14.4 Å². The fourth-order valence-electron chi connectivity index (χ4n) is 2.37. The fourth-order valence-corrected chi connectivity index (χ4v) is 2.70. The van der Waals surface area contributed by atoms with Crippen molar-refractivity contribution in [2.24, 2.45) is 0 Å². The Morgan fingerprint density at radius 3 is 2.72 bits per heavy atom. The summed E-state index contributed by atoms with van der Waals surface area (Å²) in [5.74, 6) is 0.490. The third-order valence-corrected chi connectivity index (χ3v) is 4.10. The van der Waals surface area contributed by atoms with Gasteiger partial charge < -0.3 is 16.2 Å². The number of halogens is 2. The van der Waals surface area contributed by atoms with Gasteiger partial charge in [-0.15, -0.1) is 6.58 Å². The Kier molecular flexibility index (Phi) is 4.85. The molecule has 0 fully saturated rings. The molecule has 2 aromatic carbocycles. The third-order valence-electron chi connectivity index (χ3n) is 3.61. The van der Waals surface area contributed by atoms with E-state index in [0.717, 1.165) is 0 Å². The summed E-state index contributed by atoms with van der Waals surface area (Å²) in [6.45, 7) is 4.10. The number of hydrogen-bond acceptors (Lipinski definition) is 5. The van der Waals surface area contributed by atoms with Gasteiger partial charge in [0.05, 0.1) is 23.4 Å². The normalized spacial score (nSPS) is 10.8. The highest BCUT2D eigenvalue weighted by molar-refractivity contribution is 9.10. The van der Waals surface area contributed by atoms with Crippen LogP contribution in [0.4, 0.5) is 15.9 Å². The van der Waals surface area contributed by atoms with Gasteiger partial charge in [-0.1, -0.05) is 22.0 Å². The molecule has 1 aromatic heterocycles. The topological polar surface area (TPSA) is 87.0 Å². The maximum Gasteiger partial charge on any atom is 0.165 e. The predicted molar refractivity (Wildman–Crippen MR) is 102 cm³/mol. The molecule has 4 N–H and O–H groups in total. The van der Waals surface area contributed by atoms with Gasteiger partial charge in [0.2, 0.25) is 0 Å². The van der Waals surface area contributed by atoms with Crippen molar-refractivity contribution in [1.29, 1.82) is 0 Å². The summed E-state index contributed by atoms with van der Waals surface area (Å²) in [4.78, 5) is 8.63. The Morgan fingerprint density at radius 2 is 2.00 bits per heavy atom. The van der Waals surface area contributed by atoms with Crippen molar-refractivity contribution in [1.82, 2.24) is 9.97 Å². The molecule has 25 heavy (non-hydrogen) atoms. The summed E-state index contributed by atoms with van der Waals surface area (Å²) in [5, 5.41) is 0.592. The second-order valence-corrected chi connectivity index (χ2v) is 6.31. The van der Waals surface area contributed by atoms with Crippen LogP contribution in [0.3, 0.4) is 0 Å². The first kappa shape index (κ1) is 17.2. The minimum absolute atomic E-state index is 0.205. The summed E-state index contributed by atoms with van der Waals surface area (Å²) in [6.07, 6.45) is 2.45. The number of nitrogen functional groups attached to an aromatic ring is 2. The van der Waals surface area contributed by atoms with E-state index in [1.807, 2.05) is 0 Å². The Balaban J connectivity index is 2.10. The molecule has 0 saturated heterocycles. The number of hydrogen-bond donors (Lipinski definition) is 2. The zero-order valence-corrected chi connectivity index (χ0v) is 14.9. The molecule has 0 unspecified atom stereocenters. The van der Waals surface area contributed by atoms with Crippen molar-refractivity contribution in [3.63, 3.8) is 0 Å². The maximum absolute atomic E-state index is 14.2. The number of aromatic nitrogens is 2. The number of anilines is 2. The van der Waals surface area contributed by atoms with Gasteiger partial charge in [0.15, 0.2) is 5.82 Å². The second-order valence-electron chi connectivity index (χ2n) is 5.39. The summed E-state index contributed by atoms with van der Waals surface area (Å²) >= 11 is 3.23. The average molecular weight is 403 g/mol. The van der Waals surface area contributed by atoms with Crippen molar-refractivity contribution in [3.05, 3.63) is 53.3 Å². The van der Waals surface area contributed by atoms with Gasteiger partial charge in [-0.3, -0.25) is 0 Å². The molecule has 0 atom stereocenters. The van der Waals surface area contributed by atoms with Crippen molar-refractivity contribution >= 4 is 38.3 Å². The number of rotatable bonds is 5. The van der Waals surface area contributed by atoms with Gasteiger partial charge in [-0.05, 0) is 30.7 Å². The fraction of sp³-hybridized carbons (Fsp3) is 0.111. The molecule has 0 radical (unpaired) electrons. The minimum atomic E-state index is -0.439. The number of benzene rings is 2. The van der Waals surface area contributed by atoms with E-state index < -0.39 is 5.82 Å². The van der Waals surface area contributed by atoms with E-state index in [1.54, 1.807) is 30.3 Å². The van der Waals surface area contributed by atoms with Crippen molar-refractivity contribution < 1.29 is 9.13 Å². The summed E-state index contributed by atoms with van der Waals surface area (Å²) in [6, 6.07) is 8.02. The molecular formula is C18H16BrFN4O. The first-order chi connectivity index (χ1) is 12.0. The number of nitrogens with zero attached hydrogens (tertiary/aromatic N) is 2. The summed E-state index contributed by atoms with van der Waals surface area (Å²) in [5.41, 5.74) is 13.3. The van der Waals surface area contributed by atoms with Crippen LogP contribution in [0.1, 0.15) is 6.42 Å². The molecule has 7 heteroatoms. The quantitative estimate of drug-likeness (QED) is 0.377. The number of nitrogens with two attached hydrogens (primary N) is 2. The zero-order valence-electron chi connectivity index (χ0n) is 13.3. The molecule has 5 nitrogen and oxygen atoms in total. The molecule has 0 aliphatic carbocycles. The van der Waals surface area contributed by atoms with Crippen LogP contribution in [0, 0.1) is 5.82 Å². The Labute approximate surface area is 152 Å². The van der Waals surface area contributed by atoms with Crippen LogP contribution in [0.25, 0.3) is 22.3 Å². The highest BCUT2D eigenvalue weighted by atomic mass is 79.9. The molecule has 0 amide bonds. The molecule has 0 aliphatic rings. The van der Waals surface area contributed by atoms with Crippen molar-refractivity contribution in [2.75, 3.05) is 18.1 Å². The smallest absolute Gasteiger partial charge is 0.165 e. The predicted octanol–water partition coefficient (Wildman–Crippen LogP) is 4.32. The molecule has 0 spiro atoms. The number of ether oxygens (including phenoxy) is 1. The van der Waals surface area contributed by atoms with Crippen LogP contribution in [-0.2, 0) is 0 Å². The highest BCUT2D eigenvalue weighted by Crippen LogP contribution is 2.32. The summed E-state index contributed by atoms with van der Waals surface area (Å²) in [7, 11) is 0. The van der Waals surface area contributed by atoms with Crippen LogP contribution in [-0.4, -0.2) is 16.6 Å². The van der Waals surface area contributed by atoms with Crippen LogP contribution >= 0.6 is 15.9 Å². The summed E-state index contributed by atoms with van der Waals surface area (Å²) < 4.78 is 20.5. The van der Waals surface area contributed by atoms with Gasteiger partial charge >= 0.3 is 0 Å². The maximum atomic E-state index is 14.2. The molecule has 128 valence electrons. The molecular weight excluding hydrogens is 387 g/mol. The molecule has 1 heterocycles. The lowest BCUT2D eigenvalue weighted by molar-refractivity contribution is 0.327. The third kappa shape index (κ3) is 3.56. The first-order valence-corrected chi connectivity index (χ1v) is 8.34. The van der Waals surface area contributed by atoms with E-state index in [0.29, 0.717) is 39.8 Å². The number of fused-ring (bicyclic) bond motifs is 1. The van der Waals surface area contributed by atoms with Gasteiger partial charge in [0.1, 0.15) is 17.4 Å². The van der Waals surface area contributed by atoms with Crippen LogP contribution in [0.2, 0.25) is 0 Å². The molecule has 3 rings (SSSR count). The molecule has 0 aliphatic heterocycles. The molecule has 3 aromatic rings. The highest BCUT2D eigenvalue weighted by Gasteiger charge is 2.14. The lowest BCUT2D eigenvalue weighted by atomic mass is 10.1. The first-order valence-electron chi connectivity index (χ1n) is 7.55. The van der Waals surface area contributed by atoms with E-state index in [-0.39, 0.29) is 17.2 Å². The molecule has 0 saturated carbocycles. The van der Waals surface area contributed by atoms with Gasteiger partial charge in [-0.2, -0.15) is 0 Å². The van der Waals surface area contributed by atoms with E-state index in [4.69, 9.17) is 16.2 Å². The molecule has 0 bridgehead atoms. The SMILES string of the molecule is C=CCCOc1cc2nc(-c3ccc(Br)cc3F)nc(N)c2cc1N. The largest absolute Gasteiger partial charge is 0.491 e. The Morgan fingerprint density at radius 1 is 1.20 bits per heavy atom. The van der Waals surface area contributed by atoms with Crippen LogP contribution in [0.5, 0.6) is 5.75 Å². The lowest BCUT2D eigenvalue weighted by Crippen LogP contribution is -2.03. The van der Waals surface area contributed by atoms with Gasteiger partial charge in [0, 0.05) is 15.9 Å². The lowest BCUT2D eigenvalue weighted by Gasteiger charge is -2.11. The van der Waals surface area contributed by atoms with E-state index in [2.05, 4.69) is 32.5 Å². The Hall–Kier alpha value is -2.67.